The highest BCUT2D eigenvalue weighted by molar-refractivity contribution is 5.95. The van der Waals surface area contributed by atoms with Gasteiger partial charge in [-0.05, 0) is 38.8 Å². The van der Waals surface area contributed by atoms with Crippen LogP contribution >= 0.6 is 0 Å². The number of carbonyl (C=O) groups is 2. The van der Waals surface area contributed by atoms with Crippen molar-refractivity contribution in [2.45, 2.75) is 34.1 Å². The fraction of sp³-hybridized carbons (Fsp3) is 0.389. The van der Waals surface area contributed by atoms with Crippen LogP contribution in [0.5, 0.6) is 0 Å². The third kappa shape index (κ3) is 4.01. The number of carbonyl (C=O) groups excluding carboxylic acids is 2. The number of nitrogens with zero attached hydrogens (tertiary/aromatic N) is 2. The second kappa shape index (κ2) is 7.29. The van der Waals surface area contributed by atoms with E-state index in [2.05, 4.69) is 10.5 Å². The van der Waals surface area contributed by atoms with Gasteiger partial charge in [-0.3, -0.25) is 9.59 Å². The zero-order valence-electron chi connectivity index (χ0n) is 14.8. The Kier molecular flexibility index (Phi) is 5.39. The van der Waals surface area contributed by atoms with E-state index in [9.17, 15) is 9.59 Å². The molecule has 24 heavy (non-hydrogen) atoms. The van der Waals surface area contributed by atoms with Gasteiger partial charge in [-0.15, -0.1) is 0 Å². The van der Waals surface area contributed by atoms with Gasteiger partial charge in [-0.2, -0.15) is 0 Å². The second-order valence-corrected chi connectivity index (χ2v) is 6.04. The van der Waals surface area contributed by atoms with Gasteiger partial charge in [0.1, 0.15) is 5.76 Å². The highest BCUT2D eigenvalue weighted by Crippen LogP contribution is 2.19. The van der Waals surface area contributed by atoms with E-state index in [-0.39, 0.29) is 24.8 Å². The standard InChI is InChI=1S/C18H23N3O3/c1-11-7-6-8-12(2)18(11)19-16(22)10-21(5)17(23)9-15-13(3)20-24-14(15)4/h6-8H,9-10H2,1-5H3,(H,19,22). The minimum absolute atomic E-state index is 0.00399. The number of benzene rings is 1. The van der Waals surface area contributed by atoms with E-state index in [1.807, 2.05) is 32.0 Å². The maximum atomic E-state index is 12.3. The Labute approximate surface area is 141 Å². The monoisotopic (exact) mass is 329 g/mol. The first kappa shape index (κ1) is 17.7. The van der Waals surface area contributed by atoms with Gasteiger partial charge in [0.05, 0.1) is 18.7 Å². The summed E-state index contributed by atoms with van der Waals surface area (Å²) in [6.07, 6.45) is 0.175. The van der Waals surface area contributed by atoms with Crippen LogP contribution in [0.4, 0.5) is 5.69 Å². The number of rotatable bonds is 5. The Hall–Kier alpha value is -2.63. The van der Waals surface area contributed by atoms with Gasteiger partial charge in [0, 0.05) is 18.3 Å². The van der Waals surface area contributed by atoms with Crippen molar-refractivity contribution in [3.05, 3.63) is 46.3 Å². The molecule has 1 N–H and O–H groups in total. The fourth-order valence-electron chi connectivity index (χ4n) is 2.53. The van der Waals surface area contributed by atoms with Crippen LogP contribution in [0.1, 0.15) is 28.1 Å². The normalized spacial score (nSPS) is 10.5. The predicted molar refractivity (Wildman–Crippen MR) is 91.9 cm³/mol. The van der Waals surface area contributed by atoms with Crippen molar-refractivity contribution in [1.82, 2.24) is 10.1 Å². The zero-order chi connectivity index (χ0) is 17.9. The number of anilines is 1. The maximum absolute atomic E-state index is 12.3. The zero-order valence-corrected chi connectivity index (χ0v) is 14.8. The first-order chi connectivity index (χ1) is 11.3. The molecule has 1 aromatic heterocycles. The topological polar surface area (TPSA) is 75.4 Å². The number of para-hydroxylation sites is 1. The fourth-order valence-corrected chi connectivity index (χ4v) is 2.53. The van der Waals surface area contributed by atoms with Crippen LogP contribution in [0, 0.1) is 27.7 Å². The van der Waals surface area contributed by atoms with Crippen LogP contribution in [0.25, 0.3) is 0 Å². The van der Waals surface area contributed by atoms with Gasteiger partial charge < -0.3 is 14.7 Å². The van der Waals surface area contributed by atoms with E-state index in [0.717, 1.165) is 22.4 Å². The van der Waals surface area contributed by atoms with Crippen LogP contribution in [-0.2, 0) is 16.0 Å². The highest BCUT2D eigenvalue weighted by Gasteiger charge is 2.18. The Morgan fingerprint density at radius 2 is 1.79 bits per heavy atom. The number of hydrogen-bond donors (Lipinski definition) is 1. The summed E-state index contributed by atoms with van der Waals surface area (Å²) in [5.41, 5.74) is 4.27. The molecule has 0 radical (unpaired) electrons. The molecule has 1 aromatic carbocycles. The van der Waals surface area contributed by atoms with Crippen LogP contribution in [0.2, 0.25) is 0 Å². The van der Waals surface area contributed by atoms with E-state index in [1.54, 1.807) is 20.9 Å². The average molecular weight is 329 g/mol. The molecule has 0 atom stereocenters. The van der Waals surface area contributed by atoms with Crippen LogP contribution < -0.4 is 5.32 Å². The SMILES string of the molecule is Cc1cccc(C)c1NC(=O)CN(C)C(=O)Cc1c(C)noc1C. The molecule has 0 spiro atoms. The average Bonchev–Trinajstić information content (AvgIpc) is 2.83. The Balaban J connectivity index is 1.97. The van der Waals surface area contributed by atoms with E-state index >= 15 is 0 Å². The molecular weight excluding hydrogens is 306 g/mol. The summed E-state index contributed by atoms with van der Waals surface area (Å²) in [4.78, 5) is 26.0. The number of aryl methyl sites for hydroxylation is 4. The molecule has 0 aliphatic rings. The lowest BCUT2D eigenvalue weighted by atomic mass is 10.1. The first-order valence-corrected chi connectivity index (χ1v) is 7.81. The summed E-state index contributed by atoms with van der Waals surface area (Å²) < 4.78 is 5.06. The summed E-state index contributed by atoms with van der Waals surface area (Å²) in [6.45, 7) is 7.45. The summed E-state index contributed by atoms with van der Waals surface area (Å²) in [6, 6.07) is 5.82. The number of amides is 2. The van der Waals surface area contributed by atoms with Crippen molar-refractivity contribution in [3.63, 3.8) is 0 Å². The summed E-state index contributed by atoms with van der Waals surface area (Å²) in [5, 5.41) is 6.72. The van der Waals surface area contributed by atoms with Crippen LogP contribution in [0.3, 0.4) is 0 Å². The predicted octanol–water partition coefficient (Wildman–Crippen LogP) is 2.55. The molecule has 0 aliphatic heterocycles. The molecule has 0 saturated carbocycles. The molecule has 2 amide bonds. The molecule has 6 nitrogen and oxygen atoms in total. The molecule has 2 aromatic rings. The number of likely N-dealkylation sites (N-methyl/N-ethyl adjacent to an activating group) is 1. The first-order valence-electron chi connectivity index (χ1n) is 7.81. The van der Waals surface area contributed by atoms with Crippen molar-refractivity contribution in [3.8, 4) is 0 Å². The molecule has 0 saturated heterocycles. The number of hydrogen-bond acceptors (Lipinski definition) is 4. The molecular formula is C18H23N3O3. The van der Waals surface area contributed by atoms with Crippen molar-refractivity contribution in [2.24, 2.45) is 0 Å². The molecule has 128 valence electrons. The van der Waals surface area contributed by atoms with E-state index in [1.165, 1.54) is 4.90 Å². The van der Waals surface area contributed by atoms with E-state index in [0.29, 0.717) is 11.5 Å². The van der Waals surface area contributed by atoms with Gasteiger partial charge in [0.2, 0.25) is 11.8 Å². The smallest absolute Gasteiger partial charge is 0.243 e. The third-order valence-corrected chi connectivity index (χ3v) is 4.06. The van der Waals surface area contributed by atoms with Crippen molar-refractivity contribution < 1.29 is 14.1 Å². The van der Waals surface area contributed by atoms with Gasteiger partial charge in [-0.1, -0.05) is 23.4 Å². The van der Waals surface area contributed by atoms with Gasteiger partial charge in [0.15, 0.2) is 0 Å². The number of nitrogens with one attached hydrogen (secondary N) is 1. The molecule has 1 heterocycles. The van der Waals surface area contributed by atoms with Gasteiger partial charge in [0.25, 0.3) is 0 Å². The van der Waals surface area contributed by atoms with Crippen molar-refractivity contribution in [2.75, 3.05) is 18.9 Å². The quantitative estimate of drug-likeness (QED) is 0.915. The molecule has 0 bridgehead atoms. The lowest BCUT2D eigenvalue weighted by Crippen LogP contribution is -2.36. The minimum atomic E-state index is -0.220. The lowest BCUT2D eigenvalue weighted by Gasteiger charge is -2.18. The van der Waals surface area contributed by atoms with Crippen LogP contribution in [0.15, 0.2) is 22.7 Å². The molecule has 0 unspecified atom stereocenters. The van der Waals surface area contributed by atoms with Crippen molar-refractivity contribution in [1.29, 1.82) is 0 Å². The van der Waals surface area contributed by atoms with Crippen LogP contribution in [-0.4, -0.2) is 35.5 Å². The Morgan fingerprint density at radius 1 is 1.17 bits per heavy atom. The third-order valence-electron chi connectivity index (χ3n) is 4.06. The summed E-state index contributed by atoms with van der Waals surface area (Å²) >= 11 is 0. The van der Waals surface area contributed by atoms with E-state index < -0.39 is 0 Å². The minimum Gasteiger partial charge on any atom is -0.361 e. The van der Waals surface area contributed by atoms with Crippen molar-refractivity contribution >= 4 is 17.5 Å². The summed E-state index contributed by atoms with van der Waals surface area (Å²) in [5.74, 6) is 0.261. The molecule has 0 aliphatic carbocycles. The largest absolute Gasteiger partial charge is 0.361 e. The number of aromatic nitrogens is 1. The van der Waals surface area contributed by atoms with Gasteiger partial charge in [-0.25, -0.2) is 0 Å². The Morgan fingerprint density at radius 3 is 2.33 bits per heavy atom. The van der Waals surface area contributed by atoms with E-state index in [4.69, 9.17) is 4.52 Å². The molecule has 2 rings (SSSR count). The second-order valence-electron chi connectivity index (χ2n) is 6.04. The lowest BCUT2D eigenvalue weighted by molar-refractivity contribution is -0.132. The Bertz CT molecular complexity index is 725. The van der Waals surface area contributed by atoms with Gasteiger partial charge >= 0.3 is 0 Å². The summed E-state index contributed by atoms with van der Waals surface area (Å²) in [7, 11) is 1.62. The molecule has 6 heteroatoms. The maximum Gasteiger partial charge on any atom is 0.243 e. The highest BCUT2D eigenvalue weighted by atomic mass is 16.5. The molecule has 0 fully saturated rings.